The zero-order chi connectivity index (χ0) is 10.7. The number of hydrogen-bond donors (Lipinski definition) is 1. The van der Waals surface area contributed by atoms with Crippen LogP contribution in [0.15, 0.2) is 0 Å². The summed E-state index contributed by atoms with van der Waals surface area (Å²) in [6.07, 6.45) is 1.28. The summed E-state index contributed by atoms with van der Waals surface area (Å²) in [7, 11) is 1.73. The van der Waals surface area contributed by atoms with Gasteiger partial charge in [0.05, 0.1) is 5.92 Å². The summed E-state index contributed by atoms with van der Waals surface area (Å²) in [4.78, 5) is 24.4. The normalized spacial score (nSPS) is 23.8. The van der Waals surface area contributed by atoms with Crippen LogP contribution in [0.25, 0.3) is 0 Å². The van der Waals surface area contributed by atoms with Crippen molar-refractivity contribution < 1.29 is 9.59 Å². The predicted molar refractivity (Wildman–Crippen MR) is 53.6 cm³/mol. The summed E-state index contributed by atoms with van der Waals surface area (Å²) in [6, 6.07) is 0.198. The van der Waals surface area contributed by atoms with E-state index in [1.54, 1.807) is 11.9 Å². The topological polar surface area (TPSA) is 49.4 Å². The van der Waals surface area contributed by atoms with Gasteiger partial charge in [-0.1, -0.05) is 6.92 Å². The molecule has 0 aromatic rings. The highest BCUT2D eigenvalue weighted by molar-refractivity contribution is 5.89. The molecule has 0 aromatic carbocycles. The second-order valence-corrected chi connectivity index (χ2v) is 3.99. The molecule has 1 saturated heterocycles. The van der Waals surface area contributed by atoms with Gasteiger partial charge in [0.1, 0.15) is 0 Å². The highest BCUT2D eigenvalue weighted by Crippen LogP contribution is 2.16. The monoisotopic (exact) mass is 198 g/mol. The van der Waals surface area contributed by atoms with Crippen molar-refractivity contribution in [2.24, 2.45) is 5.92 Å². The summed E-state index contributed by atoms with van der Waals surface area (Å²) in [5, 5.41) is 2.89. The average Bonchev–Trinajstić information content (AvgIpc) is 2.47. The molecule has 4 heteroatoms. The van der Waals surface area contributed by atoms with E-state index in [9.17, 15) is 9.59 Å². The molecule has 1 heterocycles. The Hall–Kier alpha value is -1.06. The van der Waals surface area contributed by atoms with Gasteiger partial charge < -0.3 is 10.2 Å². The lowest BCUT2D eigenvalue weighted by atomic mass is 10.1. The van der Waals surface area contributed by atoms with Gasteiger partial charge in [-0.05, 0) is 13.3 Å². The van der Waals surface area contributed by atoms with Gasteiger partial charge >= 0.3 is 0 Å². The van der Waals surface area contributed by atoms with E-state index in [4.69, 9.17) is 0 Å². The lowest BCUT2D eigenvalue weighted by Gasteiger charge is -2.15. The van der Waals surface area contributed by atoms with Crippen molar-refractivity contribution in [1.82, 2.24) is 10.2 Å². The summed E-state index contributed by atoms with van der Waals surface area (Å²) < 4.78 is 0. The van der Waals surface area contributed by atoms with E-state index in [1.165, 1.54) is 0 Å². The van der Waals surface area contributed by atoms with Gasteiger partial charge in [-0.15, -0.1) is 0 Å². The molecule has 1 N–H and O–H groups in total. The van der Waals surface area contributed by atoms with E-state index >= 15 is 0 Å². The molecule has 0 aromatic heterocycles. The Morgan fingerprint density at radius 1 is 1.71 bits per heavy atom. The minimum atomic E-state index is -0.151. The van der Waals surface area contributed by atoms with Crippen LogP contribution in [0.5, 0.6) is 0 Å². The van der Waals surface area contributed by atoms with Gasteiger partial charge in [0.15, 0.2) is 0 Å². The molecule has 0 bridgehead atoms. The molecule has 0 radical (unpaired) electrons. The van der Waals surface area contributed by atoms with Crippen LogP contribution in [-0.4, -0.2) is 36.3 Å². The number of amides is 2. The van der Waals surface area contributed by atoms with Crippen molar-refractivity contribution in [1.29, 1.82) is 0 Å². The molecule has 2 unspecified atom stereocenters. The minimum Gasteiger partial charge on any atom is -0.353 e. The first-order valence-electron chi connectivity index (χ1n) is 5.09. The maximum Gasteiger partial charge on any atom is 0.225 e. The Morgan fingerprint density at radius 2 is 2.36 bits per heavy atom. The molecule has 1 fully saturated rings. The highest BCUT2D eigenvalue weighted by Gasteiger charge is 2.32. The predicted octanol–water partition coefficient (Wildman–Crippen LogP) is 0.379. The van der Waals surface area contributed by atoms with Crippen molar-refractivity contribution in [2.45, 2.75) is 32.7 Å². The van der Waals surface area contributed by atoms with E-state index in [0.29, 0.717) is 13.0 Å². The van der Waals surface area contributed by atoms with E-state index in [2.05, 4.69) is 5.32 Å². The van der Waals surface area contributed by atoms with Crippen LogP contribution in [0.4, 0.5) is 0 Å². The fourth-order valence-corrected chi connectivity index (χ4v) is 1.50. The van der Waals surface area contributed by atoms with Gasteiger partial charge in [0.25, 0.3) is 0 Å². The number of nitrogens with one attached hydrogen (secondary N) is 1. The quantitative estimate of drug-likeness (QED) is 0.712. The fourth-order valence-electron chi connectivity index (χ4n) is 1.50. The van der Waals surface area contributed by atoms with Crippen molar-refractivity contribution in [2.75, 3.05) is 13.6 Å². The molecule has 2 amide bonds. The first-order valence-corrected chi connectivity index (χ1v) is 5.09. The van der Waals surface area contributed by atoms with Crippen LogP contribution < -0.4 is 5.32 Å². The van der Waals surface area contributed by atoms with Crippen LogP contribution in [0, 0.1) is 5.92 Å². The van der Waals surface area contributed by atoms with E-state index in [-0.39, 0.29) is 23.8 Å². The Morgan fingerprint density at radius 3 is 2.79 bits per heavy atom. The molecule has 0 spiro atoms. The smallest absolute Gasteiger partial charge is 0.225 e. The molecule has 14 heavy (non-hydrogen) atoms. The number of carbonyl (C=O) groups excluding carboxylic acids is 2. The summed E-state index contributed by atoms with van der Waals surface area (Å²) in [5.74, 6) is -0.0761. The van der Waals surface area contributed by atoms with Crippen LogP contribution >= 0.6 is 0 Å². The largest absolute Gasteiger partial charge is 0.353 e. The van der Waals surface area contributed by atoms with E-state index < -0.39 is 0 Å². The van der Waals surface area contributed by atoms with Gasteiger partial charge in [0.2, 0.25) is 11.8 Å². The van der Waals surface area contributed by atoms with E-state index in [1.807, 2.05) is 13.8 Å². The van der Waals surface area contributed by atoms with Crippen LogP contribution in [0.2, 0.25) is 0 Å². The molecule has 1 aliphatic rings. The number of rotatable bonds is 3. The second kappa shape index (κ2) is 4.44. The fraction of sp³-hybridized carbons (Fsp3) is 0.800. The Labute approximate surface area is 84.7 Å². The van der Waals surface area contributed by atoms with Crippen molar-refractivity contribution in [3.63, 3.8) is 0 Å². The number of carbonyl (C=O) groups is 2. The standard InChI is InChI=1S/C10H18N2O2/c1-4-7(2)11-10(14)8-5-9(13)12(3)6-8/h7-8H,4-6H2,1-3H3,(H,11,14). The molecule has 1 aliphatic heterocycles. The highest BCUT2D eigenvalue weighted by atomic mass is 16.2. The molecule has 2 atom stereocenters. The number of likely N-dealkylation sites (tertiary alicyclic amines) is 1. The molecule has 0 aliphatic carbocycles. The minimum absolute atomic E-state index is 0.0112. The SMILES string of the molecule is CCC(C)NC(=O)C1CC(=O)N(C)C1. The summed E-state index contributed by atoms with van der Waals surface area (Å²) in [5.41, 5.74) is 0. The van der Waals surface area contributed by atoms with E-state index in [0.717, 1.165) is 6.42 Å². The van der Waals surface area contributed by atoms with Crippen molar-refractivity contribution in [3.05, 3.63) is 0 Å². The zero-order valence-corrected chi connectivity index (χ0v) is 9.04. The maximum atomic E-state index is 11.6. The number of hydrogen-bond acceptors (Lipinski definition) is 2. The van der Waals surface area contributed by atoms with Gasteiger partial charge in [-0.25, -0.2) is 0 Å². The molecule has 0 saturated carbocycles. The molecule has 80 valence electrons. The Kier molecular flexibility index (Phi) is 3.49. The Balaban J connectivity index is 2.43. The third-order valence-electron chi connectivity index (χ3n) is 2.71. The van der Waals surface area contributed by atoms with Crippen LogP contribution in [0.3, 0.4) is 0 Å². The van der Waals surface area contributed by atoms with Crippen LogP contribution in [-0.2, 0) is 9.59 Å². The molecular formula is C10H18N2O2. The maximum absolute atomic E-state index is 11.6. The van der Waals surface area contributed by atoms with Crippen molar-refractivity contribution in [3.8, 4) is 0 Å². The molecule has 4 nitrogen and oxygen atoms in total. The number of nitrogens with zero attached hydrogens (tertiary/aromatic N) is 1. The third kappa shape index (κ3) is 2.47. The van der Waals surface area contributed by atoms with Gasteiger partial charge in [-0.2, -0.15) is 0 Å². The molecular weight excluding hydrogens is 180 g/mol. The third-order valence-corrected chi connectivity index (χ3v) is 2.71. The zero-order valence-electron chi connectivity index (χ0n) is 9.04. The first kappa shape index (κ1) is 11.0. The summed E-state index contributed by atoms with van der Waals surface area (Å²) >= 11 is 0. The van der Waals surface area contributed by atoms with Crippen molar-refractivity contribution >= 4 is 11.8 Å². The lowest BCUT2D eigenvalue weighted by molar-refractivity contribution is -0.128. The lowest BCUT2D eigenvalue weighted by Crippen LogP contribution is -2.37. The van der Waals surface area contributed by atoms with Gasteiger partial charge in [0, 0.05) is 26.1 Å². The average molecular weight is 198 g/mol. The van der Waals surface area contributed by atoms with Gasteiger partial charge in [-0.3, -0.25) is 9.59 Å². The molecule has 1 rings (SSSR count). The second-order valence-electron chi connectivity index (χ2n) is 3.99. The Bertz CT molecular complexity index is 240. The summed E-state index contributed by atoms with van der Waals surface area (Å²) in [6.45, 7) is 4.55. The first-order chi connectivity index (χ1) is 6.54. The van der Waals surface area contributed by atoms with Crippen LogP contribution in [0.1, 0.15) is 26.7 Å².